The van der Waals surface area contributed by atoms with Gasteiger partial charge < -0.3 is 14.8 Å². The van der Waals surface area contributed by atoms with E-state index in [0.29, 0.717) is 48.3 Å². The van der Waals surface area contributed by atoms with Gasteiger partial charge >= 0.3 is 0 Å². The maximum Gasteiger partial charge on any atom is 0.220 e. The van der Waals surface area contributed by atoms with Crippen LogP contribution in [0.4, 0.5) is 0 Å². The fraction of sp³-hybridized carbons (Fsp3) is 0.333. The van der Waals surface area contributed by atoms with Crippen LogP contribution in [-0.4, -0.2) is 31.4 Å². The average molecular weight is 388 g/mol. The van der Waals surface area contributed by atoms with Crippen molar-refractivity contribution in [2.75, 3.05) is 19.8 Å². The van der Waals surface area contributed by atoms with Gasteiger partial charge in [-0.25, -0.2) is 0 Å². The van der Waals surface area contributed by atoms with Crippen molar-refractivity contribution in [1.82, 2.24) is 5.32 Å². The summed E-state index contributed by atoms with van der Waals surface area (Å²) in [5.41, 5.74) is 2.70. The van der Waals surface area contributed by atoms with E-state index in [1.54, 1.807) is 12.1 Å². The SMILES string of the molecule is Cc1ccc(C(=O)CCC(=O)NCCc2cc(Cl)c3c(c2)OCCO3)cc1. The molecule has 0 radical (unpaired) electrons. The van der Waals surface area contributed by atoms with Gasteiger partial charge in [0.05, 0.1) is 5.02 Å². The Hall–Kier alpha value is -2.53. The average Bonchev–Trinajstić information content (AvgIpc) is 2.67. The third-order valence-corrected chi connectivity index (χ3v) is 4.63. The van der Waals surface area contributed by atoms with E-state index in [-0.39, 0.29) is 24.5 Å². The summed E-state index contributed by atoms with van der Waals surface area (Å²) in [6.45, 7) is 3.42. The van der Waals surface area contributed by atoms with Gasteiger partial charge in [-0.1, -0.05) is 41.4 Å². The topological polar surface area (TPSA) is 64.6 Å². The van der Waals surface area contributed by atoms with E-state index >= 15 is 0 Å². The summed E-state index contributed by atoms with van der Waals surface area (Å²) in [5.74, 6) is 1.05. The Kier molecular flexibility index (Phi) is 6.35. The zero-order chi connectivity index (χ0) is 19.2. The fourth-order valence-corrected chi connectivity index (χ4v) is 3.14. The lowest BCUT2D eigenvalue weighted by Gasteiger charge is -2.20. The second-order valence-electron chi connectivity index (χ2n) is 6.49. The quantitative estimate of drug-likeness (QED) is 0.735. The predicted molar refractivity (Wildman–Crippen MR) is 104 cm³/mol. The van der Waals surface area contributed by atoms with Crippen LogP contribution in [0.25, 0.3) is 0 Å². The van der Waals surface area contributed by atoms with Crippen LogP contribution < -0.4 is 14.8 Å². The summed E-state index contributed by atoms with van der Waals surface area (Å²) in [7, 11) is 0. The number of hydrogen-bond acceptors (Lipinski definition) is 4. The van der Waals surface area contributed by atoms with E-state index in [2.05, 4.69) is 5.32 Å². The van der Waals surface area contributed by atoms with Gasteiger partial charge in [0, 0.05) is 24.9 Å². The molecule has 2 aromatic carbocycles. The van der Waals surface area contributed by atoms with E-state index in [1.165, 1.54) is 0 Å². The highest BCUT2D eigenvalue weighted by molar-refractivity contribution is 6.32. The molecule has 0 saturated heterocycles. The number of aryl methyl sites for hydroxylation is 1. The minimum Gasteiger partial charge on any atom is -0.486 e. The molecule has 0 bridgehead atoms. The van der Waals surface area contributed by atoms with Crippen molar-refractivity contribution in [3.8, 4) is 11.5 Å². The van der Waals surface area contributed by atoms with Crippen LogP contribution in [0.2, 0.25) is 5.02 Å². The summed E-state index contributed by atoms with van der Waals surface area (Å²) in [4.78, 5) is 24.1. The molecule has 6 heteroatoms. The first-order valence-electron chi connectivity index (χ1n) is 8.97. The number of halogens is 1. The fourth-order valence-electron chi connectivity index (χ4n) is 2.85. The third kappa shape index (κ3) is 5.23. The molecule has 1 aliphatic rings. The van der Waals surface area contributed by atoms with E-state index in [4.69, 9.17) is 21.1 Å². The lowest BCUT2D eigenvalue weighted by Crippen LogP contribution is -2.26. The van der Waals surface area contributed by atoms with Crippen LogP contribution >= 0.6 is 11.6 Å². The second-order valence-corrected chi connectivity index (χ2v) is 6.90. The number of rotatable bonds is 7. The van der Waals surface area contributed by atoms with Gasteiger partial charge in [0.15, 0.2) is 17.3 Å². The standard InChI is InChI=1S/C21H22ClNO4/c1-14-2-4-16(5-3-14)18(24)6-7-20(25)23-9-8-15-12-17(22)21-19(13-15)26-10-11-27-21/h2-5,12-13H,6-11H2,1H3,(H,23,25). The van der Waals surface area contributed by atoms with Crippen LogP contribution in [-0.2, 0) is 11.2 Å². The Balaban J connectivity index is 1.44. The predicted octanol–water partition coefficient (Wildman–Crippen LogP) is 3.74. The Morgan fingerprint density at radius 2 is 1.81 bits per heavy atom. The molecule has 0 fully saturated rings. The highest BCUT2D eigenvalue weighted by atomic mass is 35.5. The summed E-state index contributed by atoms with van der Waals surface area (Å²) >= 11 is 6.21. The number of Topliss-reactive ketones (excluding diaryl/α,β-unsaturated/α-hetero) is 1. The van der Waals surface area contributed by atoms with E-state index in [9.17, 15) is 9.59 Å². The minimum atomic E-state index is -0.140. The molecule has 1 N–H and O–H groups in total. The van der Waals surface area contributed by atoms with Crippen molar-refractivity contribution in [3.63, 3.8) is 0 Å². The number of carbonyl (C=O) groups excluding carboxylic acids is 2. The molecular weight excluding hydrogens is 366 g/mol. The van der Waals surface area contributed by atoms with Crippen molar-refractivity contribution in [2.24, 2.45) is 0 Å². The van der Waals surface area contributed by atoms with Crippen molar-refractivity contribution >= 4 is 23.3 Å². The molecule has 0 unspecified atom stereocenters. The number of nitrogens with one attached hydrogen (secondary N) is 1. The van der Waals surface area contributed by atoms with E-state index in [1.807, 2.05) is 31.2 Å². The number of ether oxygens (including phenoxy) is 2. The van der Waals surface area contributed by atoms with Crippen LogP contribution in [0, 0.1) is 6.92 Å². The number of carbonyl (C=O) groups is 2. The maximum absolute atomic E-state index is 12.1. The molecule has 0 atom stereocenters. The largest absolute Gasteiger partial charge is 0.486 e. The van der Waals surface area contributed by atoms with Crippen molar-refractivity contribution < 1.29 is 19.1 Å². The molecule has 1 aliphatic heterocycles. The lowest BCUT2D eigenvalue weighted by atomic mass is 10.0. The molecule has 0 aromatic heterocycles. The molecule has 3 rings (SSSR count). The van der Waals surface area contributed by atoms with E-state index < -0.39 is 0 Å². The molecule has 142 valence electrons. The van der Waals surface area contributed by atoms with Gasteiger partial charge in [-0.15, -0.1) is 0 Å². The Morgan fingerprint density at radius 1 is 1.07 bits per heavy atom. The normalized spacial score (nSPS) is 12.5. The molecule has 0 saturated carbocycles. The number of ketones is 1. The minimum absolute atomic E-state index is 0.0243. The van der Waals surface area contributed by atoms with Crippen LogP contribution in [0.15, 0.2) is 36.4 Å². The molecular formula is C21H22ClNO4. The maximum atomic E-state index is 12.1. The Morgan fingerprint density at radius 3 is 2.59 bits per heavy atom. The molecule has 0 spiro atoms. The number of benzene rings is 2. The highest BCUT2D eigenvalue weighted by Crippen LogP contribution is 2.38. The third-order valence-electron chi connectivity index (χ3n) is 4.35. The van der Waals surface area contributed by atoms with Gasteiger partial charge in [0.1, 0.15) is 13.2 Å². The van der Waals surface area contributed by atoms with Gasteiger partial charge in [-0.05, 0) is 31.0 Å². The molecule has 27 heavy (non-hydrogen) atoms. The number of amides is 1. The zero-order valence-electron chi connectivity index (χ0n) is 15.2. The van der Waals surface area contributed by atoms with Gasteiger partial charge in [-0.3, -0.25) is 9.59 Å². The first kappa shape index (κ1) is 19.2. The summed E-state index contributed by atoms with van der Waals surface area (Å²) in [6.07, 6.45) is 0.993. The van der Waals surface area contributed by atoms with Crippen molar-refractivity contribution in [1.29, 1.82) is 0 Å². The number of hydrogen-bond donors (Lipinski definition) is 1. The Labute approximate surface area is 163 Å². The Bertz CT molecular complexity index is 833. The first-order chi connectivity index (χ1) is 13.0. The van der Waals surface area contributed by atoms with Crippen molar-refractivity contribution in [2.45, 2.75) is 26.2 Å². The van der Waals surface area contributed by atoms with Gasteiger partial charge in [0.2, 0.25) is 5.91 Å². The first-order valence-corrected chi connectivity index (χ1v) is 9.35. The summed E-state index contributed by atoms with van der Waals surface area (Å²) in [5, 5.41) is 3.35. The number of fused-ring (bicyclic) bond motifs is 1. The molecule has 5 nitrogen and oxygen atoms in total. The van der Waals surface area contributed by atoms with Crippen LogP contribution in [0.1, 0.15) is 34.3 Å². The van der Waals surface area contributed by atoms with Gasteiger partial charge in [0.25, 0.3) is 0 Å². The monoisotopic (exact) mass is 387 g/mol. The molecule has 0 aliphatic carbocycles. The van der Waals surface area contributed by atoms with Crippen LogP contribution in [0.5, 0.6) is 11.5 Å². The molecule has 1 amide bonds. The summed E-state index contributed by atoms with van der Waals surface area (Å²) < 4.78 is 11.0. The van der Waals surface area contributed by atoms with Crippen LogP contribution in [0.3, 0.4) is 0 Å². The zero-order valence-corrected chi connectivity index (χ0v) is 16.0. The van der Waals surface area contributed by atoms with Crippen molar-refractivity contribution in [3.05, 3.63) is 58.1 Å². The highest BCUT2D eigenvalue weighted by Gasteiger charge is 2.16. The van der Waals surface area contributed by atoms with Gasteiger partial charge in [-0.2, -0.15) is 0 Å². The van der Waals surface area contributed by atoms with E-state index in [0.717, 1.165) is 11.1 Å². The lowest BCUT2D eigenvalue weighted by molar-refractivity contribution is -0.121. The smallest absolute Gasteiger partial charge is 0.220 e. The molecule has 2 aromatic rings. The molecule has 1 heterocycles. The second kappa shape index (κ2) is 8.91. The summed E-state index contributed by atoms with van der Waals surface area (Å²) in [6, 6.07) is 11.1.